The van der Waals surface area contributed by atoms with Crippen molar-refractivity contribution in [3.05, 3.63) is 70.3 Å². The number of rotatable bonds is 17. The molecule has 1 fully saturated rings. The Balaban J connectivity index is 1.81. The quantitative estimate of drug-likeness (QED) is 0.0959. The first-order chi connectivity index (χ1) is 23.2. The Bertz CT molecular complexity index is 1300. The van der Waals surface area contributed by atoms with Crippen LogP contribution in [0.15, 0.2) is 42.5 Å². The van der Waals surface area contributed by atoms with Crippen molar-refractivity contribution in [2.45, 2.75) is 157 Å². The van der Waals surface area contributed by atoms with E-state index in [0.29, 0.717) is 19.6 Å². The molecule has 8 heteroatoms. The van der Waals surface area contributed by atoms with Gasteiger partial charge in [-0.3, -0.25) is 0 Å². The highest BCUT2D eigenvalue weighted by atomic mass is 28.4. The van der Waals surface area contributed by atoms with Crippen LogP contribution in [-0.2, 0) is 30.0 Å². The van der Waals surface area contributed by atoms with Gasteiger partial charge in [-0.1, -0.05) is 103 Å². The molecule has 0 radical (unpaired) electrons. The fraction of sp³-hybridized carbons (Fsp3) is 0.714. The van der Waals surface area contributed by atoms with Gasteiger partial charge in [0, 0.05) is 29.9 Å². The summed E-state index contributed by atoms with van der Waals surface area (Å²) in [5.74, 6) is -0.270. The van der Waals surface area contributed by atoms with Crippen molar-refractivity contribution in [2.24, 2.45) is 23.7 Å². The van der Waals surface area contributed by atoms with E-state index >= 15 is 0 Å². The summed E-state index contributed by atoms with van der Waals surface area (Å²) in [6, 6.07) is 14.5. The molecule has 0 aliphatic carbocycles. The summed E-state index contributed by atoms with van der Waals surface area (Å²) in [6.45, 7) is 30.9. The van der Waals surface area contributed by atoms with Gasteiger partial charge < -0.3 is 33.6 Å². The number of ether oxygens (including phenoxy) is 4. The smallest absolute Gasteiger partial charge is 0.191 e. The second kappa shape index (κ2) is 17.9. The van der Waals surface area contributed by atoms with Crippen LogP contribution in [0.2, 0.25) is 18.1 Å². The van der Waals surface area contributed by atoms with Gasteiger partial charge >= 0.3 is 0 Å². The Morgan fingerprint density at radius 2 is 1.50 bits per heavy atom. The van der Waals surface area contributed by atoms with Gasteiger partial charge in [-0.05, 0) is 81.3 Å². The topological polar surface area (TPSA) is 86.6 Å². The largest absolute Gasteiger partial charge is 0.416 e. The lowest BCUT2D eigenvalue weighted by Gasteiger charge is -2.48. The first-order valence-electron chi connectivity index (χ1n) is 18.9. The number of hydrogen-bond acceptors (Lipinski definition) is 7. The lowest BCUT2D eigenvalue weighted by molar-refractivity contribution is -0.300. The van der Waals surface area contributed by atoms with E-state index in [1.54, 1.807) is 6.92 Å². The van der Waals surface area contributed by atoms with Gasteiger partial charge in [0.2, 0.25) is 0 Å². The van der Waals surface area contributed by atoms with Gasteiger partial charge in [-0.15, -0.1) is 0 Å². The van der Waals surface area contributed by atoms with Crippen LogP contribution in [0.3, 0.4) is 0 Å². The normalized spacial score (nSPS) is 24.6. The fourth-order valence-electron chi connectivity index (χ4n) is 7.58. The van der Waals surface area contributed by atoms with Crippen molar-refractivity contribution in [3.8, 4) is 0 Å². The molecule has 0 bridgehead atoms. The van der Waals surface area contributed by atoms with E-state index in [0.717, 1.165) is 28.7 Å². The Morgan fingerprint density at radius 3 is 2.06 bits per heavy atom. The second-order valence-corrected chi connectivity index (χ2v) is 22.0. The van der Waals surface area contributed by atoms with Crippen LogP contribution >= 0.6 is 0 Å². The monoisotopic (exact) mass is 714 g/mol. The summed E-state index contributed by atoms with van der Waals surface area (Å²) < 4.78 is 32.5. The number of hydrogen-bond donors (Lipinski definition) is 2. The van der Waals surface area contributed by atoms with Crippen molar-refractivity contribution < 1.29 is 33.6 Å². The highest BCUT2D eigenvalue weighted by molar-refractivity contribution is 6.74. The molecule has 3 rings (SSSR count). The number of aliphatic hydroxyl groups is 2. The highest BCUT2D eigenvalue weighted by Gasteiger charge is 2.47. The Morgan fingerprint density at radius 1 is 0.920 bits per heavy atom. The molecule has 284 valence electrons. The summed E-state index contributed by atoms with van der Waals surface area (Å²) in [7, 11) is -2.00. The third kappa shape index (κ3) is 11.0. The lowest BCUT2D eigenvalue weighted by atomic mass is 9.75. The maximum atomic E-state index is 11.8. The zero-order valence-electron chi connectivity index (χ0n) is 33.7. The van der Waals surface area contributed by atoms with E-state index in [1.165, 1.54) is 5.56 Å². The van der Waals surface area contributed by atoms with E-state index in [9.17, 15) is 10.2 Å². The maximum absolute atomic E-state index is 11.8. The molecule has 10 atom stereocenters. The molecular formula is C42H70O7Si. The molecular weight excluding hydrogens is 645 g/mol. The Labute approximate surface area is 305 Å². The standard InChI is InChI=1S/C42H70O7Si/c1-15-35(46-26-45-25-34-19-17-16-18-20-34)32(7)38-33(8)37(48-40(49-38)36-28(3)21-27(2)22-29(36)4)30(5)23-42(12,44)39(43)31(6)24-47-50(13,14)41(9,10)11/h16-22,30-33,35,37-40,43-44H,15,23-26H2,1-14H3/t30-,31+,32+,33+,35-,37+,38+,39-,40?,42-/m1/s1. The Hall–Kier alpha value is -1.62. The molecule has 1 aliphatic heterocycles. The molecule has 7 nitrogen and oxygen atoms in total. The molecule has 2 aromatic carbocycles. The third-order valence-corrected chi connectivity index (χ3v) is 16.0. The summed E-state index contributed by atoms with van der Waals surface area (Å²) in [6.07, 6.45) is -0.825. The van der Waals surface area contributed by atoms with Gasteiger partial charge in [0.15, 0.2) is 14.6 Å². The van der Waals surface area contributed by atoms with Crippen molar-refractivity contribution in [1.29, 1.82) is 0 Å². The van der Waals surface area contributed by atoms with E-state index in [4.69, 9.17) is 23.4 Å². The first kappa shape index (κ1) is 42.8. The summed E-state index contributed by atoms with van der Waals surface area (Å²) in [5, 5.41) is 23.4. The minimum absolute atomic E-state index is 0.00233. The average molecular weight is 715 g/mol. The van der Waals surface area contributed by atoms with Crippen molar-refractivity contribution in [3.63, 3.8) is 0 Å². The highest BCUT2D eigenvalue weighted by Crippen LogP contribution is 2.44. The molecule has 1 aliphatic rings. The van der Waals surface area contributed by atoms with Crippen LogP contribution in [0.4, 0.5) is 0 Å². The van der Waals surface area contributed by atoms with Gasteiger partial charge in [-0.2, -0.15) is 0 Å². The fourth-order valence-corrected chi connectivity index (χ4v) is 8.69. The van der Waals surface area contributed by atoms with E-state index in [1.807, 2.05) is 37.3 Å². The molecule has 1 heterocycles. The van der Waals surface area contributed by atoms with Gasteiger partial charge in [-0.25, -0.2) is 0 Å². The molecule has 0 aromatic heterocycles. The number of aliphatic hydroxyl groups excluding tert-OH is 1. The van der Waals surface area contributed by atoms with E-state index in [-0.39, 0.29) is 53.8 Å². The van der Waals surface area contributed by atoms with Crippen LogP contribution in [0, 0.1) is 44.4 Å². The molecule has 50 heavy (non-hydrogen) atoms. The molecule has 0 spiro atoms. The van der Waals surface area contributed by atoms with Crippen LogP contribution < -0.4 is 0 Å². The first-order valence-corrected chi connectivity index (χ1v) is 21.8. The third-order valence-electron chi connectivity index (χ3n) is 11.5. The van der Waals surface area contributed by atoms with Gasteiger partial charge in [0.25, 0.3) is 0 Å². The van der Waals surface area contributed by atoms with Crippen LogP contribution in [0.25, 0.3) is 0 Å². The van der Waals surface area contributed by atoms with Crippen LogP contribution in [0.5, 0.6) is 0 Å². The zero-order chi connectivity index (χ0) is 37.6. The van der Waals surface area contributed by atoms with Gasteiger partial charge in [0.1, 0.15) is 6.79 Å². The summed E-state index contributed by atoms with van der Waals surface area (Å²) in [5.41, 5.74) is 4.30. The minimum Gasteiger partial charge on any atom is -0.416 e. The van der Waals surface area contributed by atoms with Crippen LogP contribution in [0.1, 0.15) is 109 Å². The SMILES string of the molecule is CC[C@@H](OCOCc1ccccc1)[C@H](C)[C@@H]1OC(c2c(C)cc(C)cc2C)O[C@@H]([C@H](C)C[C@@](C)(O)[C@H](O)[C@@H](C)CO[Si](C)(C)C(C)(C)C)[C@@H]1C. The molecule has 2 aromatic rings. The van der Waals surface area contributed by atoms with Crippen molar-refractivity contribution in [2.75, 3.05) is 13.4 Å². The maximum Gasteiger partial charge on any atom is 0.191 e. The van der Waals surface area contributed by atoms with E-state index in [2.05, 4.69) is 94.5 Å². The number of aryl methyl sites for hydroxylation is 3. The molecule has 2 N–H and O–H groups in total. The van der Waals surface area contributed by atoms with Crippen molar-refractivity contribution in [1.82, 2.24) is 0 Å². The van der Waals surface area contributed by atoms with Crippen molar-refractivity contribution >= 4 is 8.32 Å². The predicted molar refractivity (Wildman–Crippen MR) is 205 cm³/mol. The molecule has 1 unspecified atom stereocenters. The second-order valence-electron chi connectivity index (χ2n) is 17.2. The summed E-state index contributed by atoms with van der Waals surface area (Å²) >= 11 is 0. The summed E-state index contributed by atoms with van der Waals surface area (Å²) in [4.78, 5) is 0. The average Bonchev–Trinajstić information content (AvgIpc) is 3.02. The number of benzene rings is 2. The molecule has 0 amide bonds. The van der Waals surface area contributed by atoms with Gasteiger partial charge in [0.05, 0.1) is 36.6 Å². The van der Waals surface area contributed by atoms with E-state index < -0.39 is 26.3 Å². The predicted octanol–water partition coefficient (Wildman–Crippen LogP) is 9.43. The minimum atomic E-state index is -2.00. The zero-order valence-corrected chi connectivity index (χ0v) is 34.7. The molecule has 0 saturated carbocycles. The molecule has 1 saturated heterocycles. The lowest BCUT2D eigenvalue weighted by Crippen LogP contribution is -2.53. The van der Waals surface area contributed by atoms with Crippen LogP contribution in [-0.4, -0.2) is 61.9 Å². The Kier molecular flexibility index (Phi) is 15.3.